The summed E-state index contributed by atoms with van der Waals surface area (Å²) < 4.78 is 0. The maximum absolute atomic E-state index is 9.27. The Kier molecular flexibility index (Phi) is 3.36. The zero-order valence-corrected chi connectivity index (χ0v) is 2.85. The summed E-state index contributed by atoms with van der Waals surface area (Å²) in [5.74, 6) is 0. The van der Waals surface area contributed by atoms with E-state index in [4.69, 9.17) is 5.73 Å². The number of nitrogens with two attached hydrogens (primary N) is 1. The van der Waals surface area contributed by atoms with Crippen molar-refractivity contribution in [2.24, 2.45) is 5.73 Å². The van der Waals surface area contributed by atoms with E-state index in [1.807, 2.05) is 0 Å². The summed E-state index contributed by atoms with van der Waals surface area (Å²) in [6.07, 6.45) is 2.03. The molecule has 0 unspecified atom stereocenters. The smallest absolute Gasteiger partial charge is 0.125 e. The van der Waals surface area contributed by atoms with Crippen LogP contribution < -0.4 is 5.73 Å². The van der Waals surface area contributed by atoms with Crippen LogP contribution in [-0.4, -0.2) is 12.8 Å². The second kappa shape index (κ2) is 3.63. The highest BCUT2D eigenvalue weighted by Gasteiger charge is 1.67. The molecule has 0 atom stereocenters. The average molecular weight is 72.1 g/mol. The number of aldehydes is 1. The molecule has 5 heavy (non-hydrogen) atoms. The highest BCUT2D eigenvalue weighted by molar-refractivity contribution is 5.60. The van der Waals surface area contributed by atoms with Crippen molar-refractivity contribution in [3.05, 3.63) is 6.42 Å². The Labute approximate surface area is 31.0 Å². The Morgan fingerprint density at radius 1 is 1.80 bits per heavy atom. The van der Waals surface area contributed by atoms with Gasteiger partial charge >= 0.3 is 0 Å². The van der Waals surface area contributed by atoms with Gasteiger partial charge in [0.2, 0.25) is 0 Å². The van der Waals surface area contributed by atoms with Gasteiger partial charge in [0, 0.05) is 13.0 Å². The van der Waals surface area contributed by atoms with Crippen LogP contribution in [0.15, 0.2) is 0 Å². The van der Waals surface area contributed by atoms with E-state index in [0.717, 1.165) is 0 Å². The highest BCUT2D eigenvalue weighted by atomic mass is 16.1. The number of hydrogen-bond acceptors (Lipinski definition) is 2. The SMILES string of the molecule is NC[CH]C=O. The van der Waals surface area contributed by atoms with E-state index in [1.165, 1.54) is 6.42 Å². The molecule has 0 amide bonds. The molecule has 0 aliphatic rings. The van der Waals surface area contributed by atoms with Crippen molar-refractivity contribution in [3.8, 4) is 0 Å². The molecule has 0 fully saturated rings. The topological polar surface area (TPSA) is 43.1 Å². The van der Waals surface area contributed by atoms with Crippen molar-refractivity contribution in [3.63, 3.8) is 0 Å². The molecular weight excluding hydrogens is 66.0 g/mol. The quantitative estimate of drug-likeness (QED) is 0.440. The first-order chi connectivity index (χ1) is 2.41. The average Bonchev–Trinajstić information content (AvgIpc) is 1.41. The van der Waals surface area contributed by atoms with Crippen LogP contribution in [0.5, 0.6) is 0 Å². The minimum atomic E-state index is 0.351. The Morgan fingerprint density at radius 3 is 2.40 bits per heavy atom. The molecule has 0 aromatic carbocycles. The van der Waals surface area contributed by atoms with Gasteiger partial charge < -0.3 is 10.5 Å². The normalized spacial score (nSPS) is 7.40. The van der Waals surface area contributed by atoms with Crippen molar-refractivity contribution in [1.82, 2.24) is 0 Å². The molecule has 2 heteroatoms. The monoisotopic (exact) mass is 72.0 g/mol. The number of hydrogen-bond donors (Lipinski definition) is 1. The molecular formula is C3H6NO. The van der Waals surface area contributed by atoms with Gasteiger partial charge in [-0.05, 0) is 0 Å². The molecule has 0 aliphatic carbocycles. The molecule has 0 aromatic rings. The zero-order chi connectivity index (χ0) is 4.12. The maximum Gasteiger partial charge on any atom is 0.125 e. The van der Waals surface area contributed by atoms with E-state index < -0.39 is 0 Å². The first kappa shape index (κ1) is 4.63. The van der Waals surface area contributed by atoms with Crippen LogP contribution in [-0.2, 0) is 4.79 Å². The third-order valence-corrected chi connectivity index (χ3v) is 0.232. The van der Waals surface area contributed by atoms with Crippen molar-refractivity contribution in [2.45, 2.75) is 0 Å². The fourth-order valence-electron chi connectivity index (χ4n) is 0.0556. The van der Waals surface area contributed by atoms with Crippen LogP contribution in [0, 0.1) is 6.42 Å². The van der Waals surface area contributed by atoms with Crippen molar-refractivity contribution in [2.75, 3.05) is 6.54 Å². The van der Waals surface area contributed by atoms with Crippen molar-refractivity contribution >= 4 is 6.29 Å². The molecule has 0 aliphatic heterocycles. The van der Waals surface area contributed by atoms with Gasteiger partial charge in [0.1, 0.15) is 6.29 Å². The zero-order valence-electron chi connectivity index (χ0n) is 2.85. The fraction of sp³-hybridized carbons (Fsp3) is 0.333. The first-order valence-corrected chi connectivity index (χ1v) is 1.39. The summed E-state index contributed by atoms with van der Waals surface area (Å²) >= 11 is 0. The maximum atomic E-state index is 9.27. The summed E-state index contributed by atoms with van der Waals surface area (Å²) in [6, 6.07) is 0. The summed E-state index contributed by atoms with van der Waals surface area (Å²) in [5, 5.41) is 0. The summed E-state index contributed by atoms with van der Waals surface area (Å²) in [5.41, 5.74) is 4.85. The predicted octanol–water partition coefficient (Wildman–Crippen LogP) is -0.652. The standard InChI is InChI=1S/C3H6NO/c4-2-1-3-5/h1,3H,2,4H2. The van der Waals surface area contributed by atoms with Gasteiger partial charge in [-0.25, -0.2) is 0 Å². The highest BCUT2D eigenvalue weighted by Crippen LogP contribution is 1.51. The van der Waals surface area contributed by atoms with Gasteiger partial charge in [-0.2, -0.15) is 0 Å². The summed E-state index contributed by atoms with van der Waals surface area (Å²) in [4.78, 5) is 9.27. The minimum absolute atomic E-state index is 0.351. The van der Waals surface area contributed by atoms with E-state index in [-0.39, 0.29) is 0 Å². The van der Waals surface area contributed by atoms with E-state index in [2.05, 4.69) is 0 Å². The van der Waals surface area contributed by atoms with E-state index in [0.29, 0.717) is 12.8 Å². The number of rotatable bonds is 2. The van der Waals surface area contributed by atoms with Crippen LogP contribution >= 0.6 is 0 Å². The van der Waals surface area contributed by atoms with Crippen LogP contribution in [0.2, 0.25) is 0 Å². The fourth-order valence-corrected chi connectivity index (χ4v) is 0.0556. The number of carbonyl (C=O) groups is 1. The lowest BCUT2D eigenvalue weighted by Gasteiger charge is -1.69. The molecule has 0 spiro atoms. The van der Waals surface area contributed by atoms with Crippen LogP contribution in [0.1, 0.15) is 0 Å². The second-order valence-electron chi connectivity index (χ2n) is 0.607. The molecule has 0 heterocycles. The first-order valence-electron chi connectivity index (χ1n) is 1.39. The lowest BCUT2D eigenvalue weighted by molar-refractivity contribution is -0.105. The Hall–Kier alpha value is -0.370. The van der Waals surface area contributed by atoms with Crippen molar-refractivity contribution in [1.29, 1.82) is 0 Å². The van der Waals surface area contributed by atoms with Crippen LogP contribution in [0.4, 0.5) is 0 Å². The second-order valence-corrected chi connectivity index (χ2v) is 0.607. The molecule has 0 saturated carbocycles. The van der Waals surface area contributed by atoms with E-state index >= 15 is 0 Å². The minimum Gasteiger partial charge on any atom is -0.330 e. The molecule has 0 saturated heterocycles. The lowest BCUT2D eigenvalue weighted by Crippen LogP contribution is -1.98. The van der Waals surface area contributed by atoms with Gasteiger partial charge in [-0.15, -0.1) is 0 Å². The van der Waals surface area contributed by atoms with Crippen molar-refractivity contribution < 1.29 is 4.79 Å². The summed E-state index contributed by atoms with van der Waals surface area (Å²) in [6.45, 7) is 0.351. The molecule has 0 rings (SSSR count). The Bertz CT molecular complexity index is 28.1. The largest absolute Gasteiger partial charge is 0.330 e. The molecule has 0 bridgehead atoms. The third-order valence-electron chi connectivity index (χ3n) is 0.232. The van der Waals surface area contributed by atoms with E-state index in [1.54, 1.807) is 0 Å². The molecule has 0 aromatic heterocycles. The predicted molar refractivity (Wildman–Crippen MR) is 19.4 cm³/mol. The molecule has 2 N–H and O–H groups in total. The van der Waals surface area contributed by atoms with Gasteiger partial charge in [0.25, 0.3) is 0 Å². The lowest BCUT2D eigenvalue weighted by atomic mass is 10.5. The molecule has 29 valence electrons. The Morgan fingerprint density at radius 2 is 2.40 bits per heavy atom. The summed E-state index contributed by atoms with van der Waals surface area (Å²) in [7, 11) is 0. The van der Waals surface area contributed by atoms with Gasteiger partial charge in [0.05, 0.1) is 0 Å². The Balaban J connectivity index is 2.40. The van der Waals surface area contributed by atoms with Gasteiger partial charge in [-0.1, -0.05) is 0 Å². The number of carbonyl (C=O) groups excluding carboxylic acids is 1. The van der Waals surface area contributed by atoms with E-state index in [9.17, 15) is 4.79 Å². The van der Waals surface area contributed by atoms with Gasteiger partial charge in [0.15, 0.2) is 0 Å². The van der Waals surface area contributed by atoms with Crippen LogP contribution in [0.25, 0.3) is 0 Å². The van der Waals surface area contributed by atoms with Crippen LogP contribution in [0.3, 0.4) is 0 Å². The van der Waals surface area contributed by atoms with Gasteiger partial charge in [-0.3, -0.25) is 0 Å². The molecule has 2 nitrogen and oxygen atoms in total. The third kappa shape index (κ3) is 3.63. The molecule has 1 radical (unpaired) electrons.